The van der Waals surface area contributed by atoms with E-state index in [9.17, 15) is 13.6 Å². The lowest BCUT2D eigenvalue weighted by Gasteiger charge is -2.07. The number of fused-ring (bicyclic) bond motifs is 6. The Kier molecular flexibility index (Phi) is 3.15. The van der Waals surface area contributed by atoms with E-state index in [2.05, 4.69) is 15.3 Å². The number of H-pyrrole nitrogens is 2. The number of rotatable bonds is 2. The van der Waals surface area contributed by atoms with Crippen LogP contribution in [0, 0.1) is 11.6 Å². The van der Waals surface area contributed by atoms with Crippen LogP contribution in [0.15, 0.2) is 42.5 Å². The molecule has 0 fully saturated rings. The van der Waals surface area contributed by atoms with Crippen molar-refractivity contribution in [3.8, 4) is 0 Å². The largest absolute Gasteiger partial charge is 0.354 e. The zero-order valence-corrected chi connectivity index (χ0v) is 14.0. The van der Waals surface area contributed by atoms with Crippen LogP contribution in [0.1, 0.15) is 5.56 Å². The van der Waals surface area contributed by atoms with E-state index >= 15 is 0 Å². The first-order chi connectivity index (χ1) is 13.0. The third-order valence-corrected chi connectivity index (χ3v) is 4.93. The predicted octanol–water partition coefficient (Wildman–Crippen LogP) is 4.40. The van der Waals surface area contributed by atoms with Gasteiger partial charge in [-0.15, -0.1) is 0 Å². The molecule has 2 heterocycles. The quantitative estimate of drug-likeness (QED) is 0.368. The Labute approximate surface area is 151 Å². The van der Waals surface area contributed by atoms with Crippen LogP contribution in [0.25, 0.3) is 43.6 Å². The van der Waals surface area contributed by atoms with Crippen LogP contribution < -0.4 is 11.1 Å². The number of hydrogen-bond donors (Lipinski definition) is 4. The Morgan fingerprint density at radius 2 is 1.37 bits per heavy atom. The number of nitrogens with two attached hydrogens (primary N) is 1. The molecule has 0 atom stereocenters. The summed E-state index contributed by atoms with van der Waals surface area (Å²) >= 11 is 0. The maximum atomic E-state index is 13.8. The minimum absolute atomic E-state index is 0.174. The number of urea groups is 1. The Morgan fingerprint density at radius 1 is 0.852 bits per heavy atom. The van der Waals surface area contributed by atoms with E-state index in [4.69, 9.17) is 5.73 Å². The highest BCUT2D eigenvalue weighted by atomic mass is 19.1. The van der Waals surface area contributed by atoms with Crippen LogP contribution >= 0.6 is 0 Å². The molecule has 7 heteroatoms. The standard InChI is InChI=1S/C20H14F2N4O/c21-9-1-3-16-11(5-9)13-7-14-12-6-10(22)2-4-17(12)26-19(14)15(18(13)25-16)8-24-20(23)27/h1-7,25-26H,8H2,(H3,23,24,27). The molecular weight excluding hydrogens is 350 g/mol. The first kappa shape index (κ1) is 15.6. The molecule has 2 amide bonds. The SMILES string of the molecule is NC(=O)NCc1c2[nH]c3ccc(F)cc3c2cc2c1[nH]c1ccc(F)cc12. The summed E-state index contributed by atoms with van der Waals surface area (Å²) in [7, 11) is 0. The fourth-order valence-corrected chi connectivity index (χ4v) is 3.77. The normalized spacial score (nSPS) is 11.8. The van der Waals surface area contributed by atoms with Crippen molar-refractivity contribution in [2.75, 3.05) is 0 Å². The van der Waals surface area contributed by atoms with Gasteiger partial charge in [0.05, 0.1) is 11.0 Å². The topological polar surface area (TPSA) is 86.7 Å². The van der Waals surface area contributed by atoms with Crippen molar-refractivity contribution in [2.45, 2.75) is 6.54 Å². The number of aromatic amines is 2. The molecule has 0 saturated heterocycles. The summed E-state index contributed by atoms with van der Waals surface area (Å²) in [6.07, 6.45) is 0. The number of primary amides is 1. The first-order valence-corrected chi connectivity index (χ1v) is 8.38. The molecule has 0 bridgehead atoms. The predicted molar refractivity (Wildman–Crippen MR) is 102 cm³/mol. The summed E-state index contributed by atoms with van der Waals surface area (Å²) in [6.45, 7) is 0.174. The number of aromatic nitrogens is 2. The van der Waals surface area contributed by atoms with Crippen molar-refractivity contribution >= 4 is 49.6 Å². The third-order valence-electron chi connectivity index (χ3n) is 4.93. The minimum Gasteiger partial charge on any atom is -0.354 e. The van der Waals surface area contributed by atoms with Gasteiger partial charge in [-0.3, -0.25) is 0 Å². The second-order valence-corrected chi connectivity index (χ2v) is 6.55. The molecule has 3 aromatic carbocycles. The number of carbonyl (C=O) groups is 1. The van der Waals surface area contributed by atoms with Crippen LogP contribution in [0.4, 0.5) is 13.6 Å². The van der Waals surface area contributed by atoms with Gasteiger partial charge >= 0.3 is 6.03 Å². The van der Waals surface area contributed by atoms with E-state index in [0.717, 1.165) is 49.2 Å². The molecule has 0 aliphatic heterocycles. The number of hydrogen-bond acceptors (Lipinski definition) is 1. The smallest absolute Gasteiger partial charge is 0.312 e. The van der Waals surface area contributed by atoms with Gasteiger partial charge in [0.2, 0.25) is 0 Å². The van der Waals surface area contributed by atoms with E-state index in [1.807, 2.05) is 6.07 Å². The zero-order valence-electron chi connectivity index (χ0n) is 14.0. The monoisotopic (exact) mass is 364 g/mol. The van der Waals surface area contributed by atoms with Crippen molar-refractivity contribution < 1.29 is 13.6 Å². The van der Waals surface area contributed by atoms with Gasteiger partial charge in [-0.2, -0.15) is 0 Å². The van der Waals surface area contributed by atoms with Gasteiger partial charge in [-0.25, -0.2) is 13.6 Å². The molecule has 5 N–H and O–H groups in total. The van der Waals surface area contributed by atoms with Gasteiger partial charge in [0.15, 0.2) is 0 Å². The summed E-state index contributed by atoms with van der Waals surface area (Å²) in [5.41, 5.74) is 9.10. The molecule has 0 spiro atoms. The molecule has 0 unspecified atom stereocenters. The highest BCUT2D eigenvalue weighted by Gasteiger charge is 2.17. The number of carbonyl (C=O) groups excluding carboxylic acids is 1. The van der Waals surface area contributed by atoms with Crippen LogP contribution in [0.5, 0.6) is 0 Å². The van der Waals surface area contributed by atoms with E-state index in [-0.39, 0.29) is 18.2 Å². The molecule has 5 rings (SSSR count). The molecule has 5 aromatic rings. The molecule has 2 aromatic heterocycles. The number of amides is 2. The molecule has 27 heavy (non-hydrogen) atoms. The second kappa shape index (κ2) is 5.44. The fourth-order valence-electron chi connectivity index (χ4n) is 3.77. The first-order valence-electron chi connectivity index (χ1n) is 8.38. The second-order valence-electron chi connectivity index (χ2n) is 6.55. The van der Waals surface area contributed by atoms with Crippen LogP contribution in [0.3, 0.4) is 0 Å². The lowest BCUT2D eigenvalue weighted by molar-refractivity contribution is 0.248. The molecular formula is C20H14F2N4O. The van der Waals surface area contributed by atoms with Crippen LogP contribution in [0.2, 0.25) is 0 Å². The molecule has 0 aliphatic rings. The van der Waals surface area contributed by atoms with Gasteiger partial charge in [0.25, 0.3) is 0 Å². The number of nitrogens with one attached hydrogen (secondary N) is 3. The fraction of sp³-hybridized carbons (Fsp3) is 0.0500. The van der Waals surface area contributed by atoms with Crippen molar-refractivity contribution in [2.24, 2.45) is 5.73 Å². The molecule has 134 valence electrons. The average molecular weight is 364 g/mol. The molecule has 5 nitrogen and oxygen atoms in total. The number of halogens is 2. The summed E-state index contributed by atoms with van der Waals surface area (Å²) in [6, 6.07) is 10.3. The summed E-state index contributed by atoms with van der Waals surface area (Å²) in [4.78, 5) is 17.9. The highest BCUT2D eigenvalue weighted by molar-refractivity contribution is 6.19. The van der Waals surface area contributed by atoms with Gasteiger partial charge < -0.3 is 21.0 Å². The minimum atomic E-state index is -0.649. The van der Waals surface area contributed by atoms with Crippen LogP contribution in [-0.4, -0.2) is 16.0 Å². The number of benzene rings is 3. The summed E-state index contributed by atoms with van der Waals surface area (Å²) in [5.74, 6) is -0.685. The van der Waals surface area contributed by atoms with E-state index < -0.39 is 6.03 Å². The Bertz CT molecular complexity index is 1290. The maximum Gasteiger partial charge on any atom is 0.312 e. The van der Waals surface area contributed by atoms with Crippen molar-refractivity contribution in [3.63, 3.8) is 0 Å². The average Bonchev–Trinajstić information content (AvgIpc) is 3.16. The highest BCUT2D eigenvalue weighted by Crippen LogP contribution is 2.37. The van der Waals surface area contributed by atoms with Crippen LogP contribution in [-0.2, 0) is 6.54 Å². The van der Waals surface area contributed by atoms with Gasteiger partial charge in [0, 0.05) is 44.7 Å². The van der Waals surface area contributed by atoms with E-state index in [0.29, 0.717) is 0 Å². The molecule has 0 radical (unpaired) electrons. The maximum absolute atomic E-state index is 13.8. The Hall–Kier alpha value is -3.61. The lowest BCUT2D eigenvalue weighted by Crippen LogP contribution is -2.28. The lowest BCUT2D eigenvalue weighted by atomic mass is 10.0. The van der Waals surface area contributed by atoms with Gasteiger partial charge in [-0.05, 0) is 42.5 Å². The van der Waals surface area contributed by atoms with Gasteiger partial charge in [-0.1, -0.05) is 0 Å². The summed E-state index contributed by atoms with van der Waals surface area (Å²) in [5, 5.41) is 5.64. The van der Waals surface area contributed by atoms with Crippen molar-refractivity contribution in [3.05, 3.63) is 59.7 Å². The van der Waals surface area contributed by atoms with E-state index in [1.54, 1.807) is 12.1 Å². The van der Waals surface area contributed by atoms with Crippen molar-refractivity contribution in [1.29, 1.82) is 0 Å². The van der Waals surface area contributed by atoms with Crippen molar-refractivity contribution in [1.82, 2.24) is 15.3 Å². The molecule has 0 aliphatic carbocycles. The third kappa shape index (κ3) is 2.32. The molecule has 0 saturated carbocycles. The summed E-state index contributed by atoms with van der Waals surface area (Å²) < 4.78 is 27.6. The Balaban J connectivity index is 1.95. The zero-order chi connectivity index (χ0) is 18.7. The van der Waals surface area contributed by atoms with E-state index in [1.165, 1.54) is 24.3 Å². The van der Waals surface area contributed by atoms with Gasteiger partial charge in [0.1, 0.15) is 11.6 Å². The Morgan fingerprint density at radius 3 is 1.85 bits per heavy atom.